The van der Waals surface area contributed by atoms with Crippen molar-refractivity contribution >= 4 is 5.91 Å². The van der Waals surface area contributed by atoms with E-state index in [1.807, 2.05) is 6.19 Å². The molecule has 1 unspecified atom stereocenters. The van der Waals surface area contributed by atoms with Crippen LogP contribution in [0.25, 0.3) is 0 Å². The molecule has 1 rings (SSSR count). The lowest BCUT2D eigenvalue weighted by molar-refractivity contribution is -0.126. The number of nitriles is 1. The minimum absolute atomic E-state index is 0.0622. The Labute approximate surface area is 59.4 Å². The van der Waals surface area contributed by atoms with Crippen molar-refractivity contribution in [3.05, 3.63) is 0 Å². The number of nitrogens with one attached hydrogen (secondary N) is 1. The summed E-state index contributed by atoms with van der Waals surface area (Å²) >= 11 is 0. The summed E-state index contributed by atoms with van der Waals surface area (Å²) in [5.41, 5.74) is 0. The standard InChI is InChI=1S/C6H9N3O/c1-5-6(10)8-2-3-9(5)4-7/h5H,2-3H2,1H3,(H,8,10). The Morgan fingerprint density at radius 1 is 1.90 bits per heavy atom. The largest absolute Gasteiger partial charge is 0.352 e. The van der Waals surface area contributed by atoms with E-state index in [0.717, 1.165) is 0 Å². The maximum Gasteiger partial charge on any atom is 0.243 e. The molecule has 0 bridgehead atoms. The van der Waals surface area contributed by atoms with Crippen molar-refractivity contribution in [2.45, 2.75) is 13.0 Å². The molecule has 0 aliphatic carbocycles. The van der Waals surface area contributed by atoms with Gasteiger partial charge in [-0.25, -0.2) is 0 Å². The summed E-state index contributed by atoms with van der Waals surface area (Å²) in [4.78, 5) is 12.3. The lowest BCUT2D eigenvalue weighted by Gasteiger charge is -2.27. The van der Waals surface area contributed by atoms with Gasteiger partial charge in [0.1, 0.15) is 6.04 Å². The van der Waals surface area contributed by atoms with Crippen LogP contribution in [-0.2, 0) is 4.79 Å². The summed E-state index contributed by atoms with van der Waals surface area (Å²) in [7, 11) is 0. The summed E-state index contributed by atoms with van der Waals surface area (Å²) < 4.78 is 0. The van der Waals surface area contributed by atoms with Crippen LogP contribution in [0, 0.1) is 11.5 Å². The smallest absolute Gasteiger partial charge is 0.243 e. The molecule has 1 aliphatic rings. The van der Waals surface area contributed by atoms with Crippen LogP contribution in [0.5, 0.6) is 0 Å². The third-order valence-electron chi connectivity index (χ3n) is 1.63. The lowest BCUT2D eigenvalue weighted by Crippen LogP contribution is -2.51. The number of rotatable bonds is 0. The van der Waals surface area contributed by atoms with Crippen LogP contribution >= 0.6 is 0 Å². The van der Waals surface area contributed by atoms with Gasteiger partial charge in [0.25, 0.3) is 0 Å². The van der Waals surface area contributed by atoms with Gasteiger partial charge in [-0.3, -0.25) is 9.69 Å². The predicted octanol–water partition coefficient (Wildman–Crippen LogP) is -0.712. The van der Waals surface area contributed by atoms with Gasteiger partial charge in [0.05, 0.1) is 0 Å². The molecule has 10 heavy (non-hydrogen) atoms. The van der Waals surface area contributed by atoms with Gasteiger partial charge >= 0.3 is 0 Å². The highest BCUT2D eigenvalue weighted by Gasteiger charge is 2.23. The topological polar surface area (TPSA) is 56.1 Å². The molecule has 0 aromatic heterocycles. The number of amides is 1. The Kier molecular flexibility index (Phi) is 1.76. The molecule has 4 nitrogen and oxygen atoms in total. The monoisotopic (exact) mass is 139 g/mol. The number of piperazine rings is 1. The van der Waals surface area contributed by atoms with Gasteiger partial charge in [-0.1, -0.05) is 0 Å². The summed E-state index contributed by atoms with van der Waals surface area (Å²) in [6.07, 6.45) is 1.96. The molecule has 0 spiro atoms. The molecular formula is C6H9N3O. The molecular weight excluding hydrogens is 130 g/mol. The van der Waals surface area contributed by atoms with Gasteiger partial charge in [0, 0.05) is 13.1 Å². The van der Waals surface area contributed by atoms with Gasteiger partial charge in [-0.05, 0) is 6.92 Å². The van der Waals surface area contributed by atoms with Crippen LogP contribution in [0.15, 0.2) is 0 Å². The Morgan fingerprint density at radius 3 is 3.10 bits per heavy atom. The summed E-state index contributed by atoms with van der Waals surface area (Å²) in [5, 5.41) is 11.1. The molecule has 54 valence electrons. The molecule has 1 fully saturated rings. The maximum absolute atomic E-state index is 10.9. The van der Waals surface area contributed by atoms with Crippen molar-refractivity contribution in [1.29, 1.82) is 5.26 Å². The molecule has 0 aromatic rings. The fraction of sp³-hybridized carbons (Fsp3) is 0.667. The first-order chi connectivity index (χ1) is 4.75. The van der Waals surface area contributed by atoms with Crippen LogP contribution in [-0.4, -0.2) is 29.9 Å². The number of nitrogens with zero attached hydrogens (tertiary/aromatic N) is 2. The van der Waals surface area contributed by atoms with E-state index < -0.39 is 0 Å². The van der Waals surface area contributed by atoms with E-state index in [4.69, 9.17) is 5.26 Å². The number of carbonyl (C=O) groups excluding carboxylic acids is 1. The Morgan fingerprint density at radius 2 is 2.60 bits per heavy atom. The first-order valence-corrected chi connectivity index (χ1v) is 3.20. The zero-order valence-electron chi connectivity index (χ0n) is 5.79. The van der Waals surface area contributed by atoms with E-state index in [1.165, 1.54) is 4.90 Å². The van der Waals surface area contributed by atoms with E-state index in [-0.39, 0.29) is 11.9 Å². The summed E-state index contributed by atoms with van der Waals surface area (Å²) in [5.74, 6) is -0.0622. The predicted molar refractivity (Wildman–Crippen MR) is 34.8 cm³/mol. The van der Waals surface area contributed by atoms with E-state index in [2.05, 4.69) is 5.32 Å². The molecule has 1 aliphatic heterocycles. The second-order valence-corrected chi connectivity index (χ2v) is 2.26. The minimum Gasteiger partial charge on any atom is -0.352 e. The Bertz CT molecular complexity index is 184. The number of hydrogen-bond acceptors (Lipinski definition) is 3. The molecule has 1 heterocycles. The lowest BCUT2D eigenvalue weighted by atomic mass is 10.2. The normalized spacial score (nSPS) is 25.4. The second kappa shape index (κ2) is 2.56. The van der Waals surface area contributed by atoms with Gasteiger partial charge in [0.15, 0.2) is 6.19 Å². The zero-order valence-corrected chi connectivity index (χ0v) is 5.79. The highest BCUT2D eigenvalue weighted by atomic mass is 16.2. The van der Waals surface area contributed by atoms with Crippen LogP contribution in [0.1, 0.15) is 6.92 Å². The van der Waals surface area contributed by atoms with Crippen molar-refractivity contribution in [1.82, 2.24) is 10.2 Å². The molecule has 0 radical (unpaired) electrons. The number of carbonyl (C=O) groups is 1. The molecule has 1 amide bonds. The highest BCUT2D eigenvalue weighted by Crippen LogP contribution is 2.00. The highest BCUT2D eigenvalue weighted by molar-refractivity contribution is 5.82. The van der Waals surface area contributed by atoms with Gasteiger partial charge in [-0.15, -0.1) is 0 Å². The first-order valence-electron chi connectivity index (χ1n) is 3.20. The molecule has 1 saturated heterocycles. The van der Waals surface area contributed by atoms with E-state index in [0.29, 0.717) is 13.1 Å². The SMILES string of the molecule is CC1C(=O)NCCN1C#N. The quantitative estimate of drug-likeness (QED) is 0.451. The number of hydrogen-bond donors (Lipinski definition) is 1. The Balaban J connectivity index is 2.61. The van der Waals surface area contributed by atoms with Crippen molar-refractivity contribution in [2.75, 3.05) is 13.1 Å². The average molecular weight is 139 g/mol. The molecule has 0 saturated carbocycles. The Hall–Kier alpha value is -1.24. The third kappa shape index (κ3) is 1.03. The zero-order chi connectivity index (χ0) is 7.56. The van der Waals surface area contributed by atoms with Crippen LogP contribution < -0.4 is 5.32 Å². The average Bonchev–Trinajstić information content (AvgIpc) is 1.95. The minimum atomic E-state index is -0.293. The summed E-state index contributed by atoms with van der Waals surface area (Å²) in [6.45, 7) is 2.93. The van der Waals surface area contributed by atoms with Crippen molar-refractivity contribution in [3.8, 4) is 6.19 Å². The van der Waals surface area contributed by atoms with E-state index >= 15 is 0 Å². The van der Waals surface area contributed by atoms with E-state index in [9.17, 15) is 4.79 Å². The van der Waals surface area contributed by atoms with Crippen LogP contribution in [0.4, 0.5) is 0 Å². The maximum atomic E-state index is 10.9. The van der Waals surface area contributed by atoms with Crippen molar-refractivity contribution in [3.63, 3.8) is 0 Å². The fourth-order valence-corrected chi connectivity index (χ4v) is 0.919. The second-order valence-electron chi connectivity index (χ2n) is 2.26. The van der Waals surface area contributed by atoms with Gasteiger partial charge in [-0.2, -0.15) is 5.26 Å². The van der Waals surface area contributed by atoms with Crippen LogP contribution in [0.3, 0.4) is 0 Å². The molecule has 0 aromatic carbocycles. The van der Waals surface area contributed by atoms with Crippen molar-refractivity contribution < 1.29 is 4.79 Å². The van der Waals surface area contributed by atoms with E-state index in [1.54, 1.807) is 6.92 Å². The molecule has 4 heteroatoms. The summed E-state index contributed by atoms with van der Waals surface area (Å²) in [6, 6.07) is -0.293. The third-order valence-corrected chi connectivity index (χ3v) is 1.63. The fourth-order valence-electron chi connectivity index (χ4n) is 0.919. The first kappa shape index (κ1) is 6.87. The van der Waals surface area contributed by atoms with Gasteiger partial charge in [0.2, 0.25) is 5.91 Å². The van der Waals surface area contributed by atoms with Crippen molar-refractivity contribution in [2.24, 2.45) is 0 Å². The molecule has 1 N–H and O–H groups in total. The van der Waals surface area contributed by atoms with Crippen LogP contribution in [0.2, 0.25) is 0 Å². The van der Waals surface area contributed by atoms with Gasteiger partial charge < -0.3 is 5.32 Å². The molecule has 1 atom stereocenters.